The molecule has 3 N–H and O–H groups in total. The number of hydrogen-bond acceptors (Lipinski definition) is 5. The number of aliphatic hydroxyl groups is 2. The zero-order valence-electron chi connectivity index (χ0n) is 53.6. The van der Waals surface area contributed by atoms with Gasteiger partial charge < -0.3 is 20.3 Å². The van der Waals surface area contributed by atoms with Crippen molar-refractivity contribution < 1.29 is 24.5 Å². The zero-order valence-corrected chi connectivity index (χ0v) is 53.6. The molecular formula is C73H141NO5. The number of carbonyl (C=O) groups is 2. The third-order valence-electron chi connectivity index (χ3n) is 17.0. The summed E-state index contributed by atoms with van der Waals surface area (Å²) in [5.41, 5.74) is 0. The second-order valence-corrected chi connectivity index (χ2v) is 24.9. The molecule has 0 radical (unpaired) electrons. The maximum absolute atomic E-state index is 12.5. The Hall–Kier alpha value is -1.66. The standard InChI is InChI=1S/C73H141NO5/c1-3-5-7-9-11-13-15-42-47-51-55-59-63-67-73(78)79-68-64-60-56-52-48-44-41-39-37-35-33-31-29-27-25-23-21-19-17-18-20-22-24-26-28-30-32-34-36-38-40-43-46-50-54-58-62-66-72(77)74-70(69-75)71(76)65-61-57-53-49-45-16-14-12-10-8-6-4-2/h17,19,61,65,70-71,75-76H,3-16,18,20-60,62-64,66-69H2,1-2H3,(H,74,77)/b19-17-,65-61+. The first-order chi connectivity index (χ1) is 39.0. The van der Waals surface area contributed by atoms with Crippen LogP contribution in [0.25, 0.3) is 0 Å². The van der Waals surface area contributed by atoms with Gasteiger partial charge in [0.05, 0.1) is 25.4 Å². The highest BCUT2D eigenvalue weighted by Gasteiger charge is 2.18. The fourth-order valence-corrected chi connectivity index (χ4v) is 11.5. The summed E-state index contributed by atoms with van der Waals surface area (Å²) in [6.45, 7) is 4.93. The van der Waals surface area contributed by atoms with Crippen LogP contribution < -0.4 is 5.32 Å². The lowest BCUT2D eigenvalue weighted by atomic mass is 10.0. The van der Waals surface area contributed by atoms with Crippen LogP contribution >= 0.6 is 0 Å². The molecule has 0 bridgehead atoms. The average Bonchev–Trinajstić information content (AvgIpc) is 3.45. The Morgan fingerprint density at radius 3 is 0.899 bits per heavy atom. The number of esters is 1. The Morgan fingerprint density at radius 2 is 0.595 bits per heavy atom. The van der Waals surface area contributed by atoms with Crippen molar-refractivity contribution >= 4 is 11.9 Å². The average molecular weight is 1110 g/mol. The molecule has 2 unspecified atom stereocenters. The van der Waals surface area contributed by atoms with Gasteiger partial charge in [0.2, 0.25) is 5.91 Å². The molecule has 0 heterocycles. The molecule has 0 fully saturated rings. The maximum atomic E-state index is 12.5. The molecular weight excluding hydrogens is 971 g/mol. The molecule has 0 aromatic heterocycles. The second-order valence-electron chi connectivity index (χ2n) is 24.9. The van der Waals surface area contributed by atoms with Crippen molar-refractivity contribution in [3.05, 3.63) is 24.3 Å². The summed E-state index contributed by atoms with van der Waals surface area (Å²) in [6, 6.07) is -0.623. The van der Waals surface area contributed by atoms with Gasteiger partial charge in [-0.3, -0.25) is 9.59 Å². The van der Waals surface area contributed by atoms with Crippen molar-refractivity contribution in [3.8, 4) is 0 Å². The number of hydrogen-bond donors (Lipinski definition) is 3. The van der Waals surface area contributed by atoms with Crippen LogP contribution in [0.15, 0.2) is 24.3 Å². The third kappa shape index (κ3) is 65.4. The van der Waals surface area contributed by atoms with E-state index in [9.17, 15) is 19.8 Å². The second kappa shape index (κ2) is 68.8. The van der Waals surface area contributed by atoms with Gasteiger partial charge in [-0.25, -0.2) is 0 Å². The van der Waals surface area contributed by atoms with E-state index in [1.54, 1.807) is 6.08 Å². The minimum atomic E-state index is -0.840. The highest BCUT2D eigenvalue weighted by molar-refractivity contribution is 5.76. The Bertz CT molecular complexity index is 1230. The van der Waals surface area contributed by atoms with Crippen LogP contribution in [0, 0.1) is 0 Å². The lowest BCUT2D eigenvalue weighted by Gasteiger charge is -2.20. The van der Waals surface area contributed by atoms with E-state index in [0.29, 0.717) is 19.4 Å². The highest BCUT2D eigenvalue weighted by atomic mass is 16.5. The SMILES string of the molecule is CCCCCCCCCCCC/C=C/C(O)C(CO)NC(=O)CCCCCCCCCCCCCCCCCCC/C=C\CCCCCCCCCCCCCCCCCCOC(=O)CCCCCCCCCCCCCCC. The van der Waals surface area contributed by atoms with Gasteiger partial charge in [-0.2, -0.15) is 0 Å². The van der Waals surface area contributed by atoms with Crippen LogP contribution in [0.5, 0.6) is 0 Å². The first-order valence-corrected chi connectivity index (χ1v) is 36.1. The fraction of sp³-hybridized carbons (Fsp3) is 0.918. The zero-order chi connectivity index (χ0) is 57.1. The van der Waals surface area contributed by atoms with E-state index in [1.165, 1.54) is 340 Å². The van der Waals surface area contributed by atoms with Crippen molar-refractivity contribution in [2.45, 2.75) is 418 Å². The number of nitrogens with one attached hydrogen (secondary N) is 1. The molecule has 0 aliphatic rings. The predicted molar refractivity (Wildman–Crippen MR) is 347 cm³/mol. The van der Waals surface area contributed by atoms with E-state index in [1.807, 2.05) is 6.08 Å². The summed E-state index contributed by atoms with van der Waals surface area (Å²) in [7, 11) is 0. The van der Waals surface area contributed by atoms with Gasteiger partial charge in [0.15, 0.2) is 0 Å². The Labute approximate surface area is 494 Å². The van der Waals surface area contributed by atoms with Crippen LogP contribution in [0.2, 0.25) is 0 Å². The Kier molecular flexibility index (Phi) is 67.4. The van der Waals surface area contributed by atoms with Gasteiger partial charge >= 0.3 is 5.97 Å². The summed E-state index contributed by atoms with van der Waals surface area (Å²) < 4.78 is 5.49. The number of aliphatic hydroxyl groups excluding tert-OH is 2. The van der Waals surface area contributed by atoms with Crippen molar-refractivity contribution in [3.63, 3.8) is 0 Å². The topological polar surface area (TPSA) is 95.9 Å². The van der Waals surface area contributed by atoms with E-state index in [0.717, 1.165) is 38.5 Å². The van der Waals surface area contributed by atoms with E-state index in [2.05, 4.69) is 31.3 Å². The number of unbranched alkanes of at least 4 members (excludes halogenated alkanes) is 55. The number of carbonyl (C=O) groups excluding carboxylic acids is 2. The maximum Gasteiger partial charge on any atom is 0.305 e. The summed E-state index contributed by atoms with van der Waals surface area (Å²) in [4.78, 5) is 24.5. The van der Waals surface area contributed by atoms with E-state index < -0.39 is 12.1 Å². The molecule has 0 saturated carbocycles. The molecule has 0 aliphatic carbocycles. The number of ether oxygens (including phenoxy) is 1. The molecule has 468 valence electrons. The Balaban J connectivity index is 3.32. The lowest BCUT2D eigenvalue weighted by Crippen LogP contribution is -2.45. The summed E-state index contributed by atoms with van der Waals surface area (Å²) in [5.74, 6) is -0.0395. The summed E-state index contributed by atoms with van der Waals surface area (Å²) >= 11 is 0. The first kappa shape index (κ1) is 77.3. The minimum Gasteiger partial charge on any atom is -0.466 e. The molecule has 6 nitrogen and oxygen atoms in total. The number of allylic oxidation sites excluding steroid dienone is 3. The largest absolute Gasteiger partial charge is 0.466 e. The minimum absolute atomic E-state index is 0.0233. The van der Waals surface area contributed by atoms with Gasteiger partial charge in [0.1, 0.15) is 0 Å². The molecule has 0 spiro atoms. The third-order valence-corrected chi connectivity index (χ3v) is 17.0. The van der Waals surface area contributed by atoms with Crippen LogP contribution in [-0.4, -0.2) is 47.4 Å². The van der Waals surface area contributed by atoms with Crippen molar-refractivity contribution in [2.24, 2.45) is 0 Å². The first-order valence-electron chi connectivity index (χ1n) is 36.1. The smallest absolute Gasteiger partial charge is 0.305 e. The van der Waals surface area contributed by atoms with Crippen LogP contribution in [0.4, 0.5) is 0 Å². The number of amides is 1. The van der Waals surface area contributed by atoms with Gasteiger partial charge in [-0.05, 0) is 57.8 Å². The van der Waals surface area contributed by atoms with Gasteiger partial charge in [0, 0.05) is 12.8 Å². The Morgan fingerprint density at radius 1 is 0.342 bits per heavy atom. The van der Waals surface area contributed by atoms with Gasteiger partial charge in [-0.1, -0.05) is 359 Å². The molecule has 79 heavy (non-hydrogen) atoms. The molecule has 0 rings (SSSR count). The van der Waals surface area contributed by atoms with Crippen LogP contribution in [-0.2, 0) is 14.3 Å². The molecule has 1 amide bonds. The van der Waals surface area contributed by atoms with Crippen LogP contribution in [0.1, 0.15) is 406 Å². The van der Waals surface area contributed by atoms with Crippen molar-refractivity contribution in [1.82, 2.24) is 5.32 Å². The van der Waals surface area contributed by atoms with Crippen LogP contribution in [0.3, 0.4) is 0 Å². The molecule has 6 heteroatoms. The quantitative estimate of drug-likeness (QED) is 0.0320. The molecule has 0 aliphatic heterocycles. The van der Waals surface area contributed by atoms with Crippen molar-refractivity contribution in [1.29, 1.82) is 0 Å². The van der Waals surface area contributed by atoms with E-state index >= 15 is 0 Å². The monoisotopic (exact) mass is 1110 g/mol. The fourth-order valence-electron chi connectivity index (χ4n) is 11.5. The number of rotatable bonds is 68. The molecule has 0 aromatic carbocycles. The summed E-state index contributed by atoms with van der Waals surface area (Å²) in [6.07, 6.45) is 87.1. The molecule has 0 saturated heterocycles. The normalized spacial score (nSPS) is 12.6. The molecule has 0 aromatic rings. The predicted octanol–water partition coefficient (Wildman–Crippen LogP) is 23.3. The summed E-state index contributed by atoms with van der Waals surface area (Å²) in [5, 5.41) is 23.1. The lowest BCUT2D eigenvalue weighted by molar-refractivity contribution is -0.143. The van der Waals surface area contributed by atoms with Gasteiger partial charge in [-0.15, -0.1) is 0 Å². The van der Waals surface area contributed by atoms with Crippen molar-refractivity contribution in [2.75, 3.05) is 13.2 Å². The highest BCUT2D eigenvalue weighted by Crippen LogP contribution is 2.19. The van der Waals surface area contributed by atoms with E-state index in [-0.39, 0.29) is 18.5 Å². The van der Waals surface area contributed by atoms with E-state index in [4.69, 9.17) is 4.74 Å². The molecule has 2 atom stereocenters. The van der Waals surface area contributed by atoms with Gasteiger partial charge in [0.25, 0.3) is 0 Å².